The fourth-order valence-electron chi connectivity index (χ4n) is 5.43. The molecule has 1 saturated carbocycles. The van der Waals surface area contributed by atoms with Gasteiger partial charge in [0.05, 0.1) is 12.6 Å². The van der Waals surface area contributed by atoms with Crippen LogP contribution in [0.1, 0.15) is 90.3 Å². The molecule has 3 amide bonds. The molecule has 1 aromatic heterocycles. The van der Waals surface area contributed by atoms with Crippen molar-refractivity contribution in [3.05, 3.63) is 47.7 Å². The number of fused-ring (bicyclic) bond motifs is 3. The minimum atomic E-state index is -2.29. The zero-order valence-electron chi connectivity index (χ0n) is 26.1. The van der Waals surface area contributed by atoms with Gasteiger partial charge in [0, 0.05) is 6.54 Å². The van der Waals surface area contributed by atoms with Crippen LogP contribution in [-0.4, -0.2) is 65.3 Å². The number of alkyl carbamates (subject to hydrolysis) is 1. The predicted octanol–water partition coefficient (Wildman–Crippen LogP) is 6.12. The zero-order chi connectivity index (χ0) is 30.5. The highest BCUT2D eigenvalue weighted by Crippen LogP contribution is 2.61. The molecule has 1 spiro atoms. The summed E-state index contributed by atoms with van der Waals surface area (Å²) in [6, 6.07) is 9.33. The van der Waals surface area contributed by atoms with Gasteiger partial charge in [-0.3, -0.25) is 4.84 Å². The number of hydrogen-bond acceptors (Lipinski definition) is 8. The maximum atomic E-state index is 13.6. The summed E-state index contributed by atoms with van der Waals surface area (Å²) in [5, 5.41) is 13.1. The van der Waals surface area contributed by atoms with Crippen LogP contribution in [0.4, 0.5) is 9.59 Å². The van der Waals surface area contributed by atoms with Gasteiger partial charge in [-0.15, -0.1) is 10.2 Å². The molecule has 42 heavy (non-hydrogen) atoms. The van der Waals surface area contributed by atoms with Crippen molar-refractivity contribution in [2.45, 2.75) is 109 Å². The fourth-order valence-corrected chi connectivity index (χ4v) is 6.68. The summed E-state index contributed by atoms with van der Waals surface area (Å²) in [6.07, 6.45) is 1.58. The molecule has 11 nitrogen and oxygen atoms in total. The Morgan fingerprint density at radius 2 is 1.83 bits per heavy atom. The molecule has 1 N–H and O–H groups in total. The number of hydroxylamine groups is 2. The minimum Gasteiger partial charge on any atom is -0.444 e. The van der Waals surface area contributed by atoms with Crippen molar-refractivity contribution in [2.75, 3.05) is 13.1 Å². The molecule has 230 valence electrons. The second kappa shape index (κ2) is 10.9. The molecular weight excluding hydrogens is 554 g/mol. The minimum absolute atomic E-state index is 0.0000457. The van der Waals surface area contributed by atoms with E-state index < -0.39 is 26.1 Å². The second-order valence-electron chi connectivity index (χ2n) is 14.3. The van der Waals surface area contributed by atoms with E-state index in [4.69, 9.17) is 18.4 Å². The maximum absolute atomic E-state index is 13.6. The summed E-state index contributed by atoms with van der Waals surface area (Å²) < 4.78 is 18.4. The van der Waals surface area contributed by atoms with Gasteiger partial charge in [0.25, 0.3) is 0 Å². The van der Waals surface area contributed by atoms with E-state index >= 15 is 0 Å². The normalized spacial score (nSPS) is 22.4. The molecular formula is C30H45N5O6Si. The van der Waals surface area contributed by atoms with Crippen molar-refractivity contribution in [1.29, 1.82) is 0 Å². The highest BCUT2D eigenvalue weighted by molar-refractivity contribution is 6.74. The number of nitrogens with one attached hydrogen (secondary N) is 1. The van der Waals surface area contributed by atoms with Crippen LogP contribution >= 0.6 is 0 Å². The monoisotopic (exact) mass is 599 g/mol. The quantitative estimate of drug-likeness (QED) is 0.343. The Bertz CT molecular complexity index is 1280. The van der Waals surface area contributed by atoms with E-state index in [1.807, 2.05) is 51.1 Å². The molecule has 1 aromatic carbocycles. The van der Waals surface area contributed by atoms with Crippen LogP contribution in [0.3, 0.4) is 0 Å². The Labute approximate surface area is 249 Å². The van der Waals surface area contributed by atoms with E-state index in [9.17, 15) is 9.59 Å². The molecule has 2 aromatic rings. The highest BCUT2D eigenvalue weighted by atomic mass is 28.4. The van der Waals surface area contributed by atoms with Gasteiger partial charge in [0.15, 0.2) is 8.32 Å². The van der Waals surface area contributed by atoms with Crippen LogP contribution < -0.4 is 5.32 Å². The number of carbonyl (C=O) groups is 2. The smallest absolute Gasteiger partial charge is 0.407 e. The number of benzene rings is 1. The number of amides is 3. The highest BCUT2D eigenvalue weighted by Gasteiger charge is 2.64. The third kappa shape index (κ3) is 6.35. The van der Waals surface area contributed by atoms with Crippen LogP contribution in [0.5, 0.6) is 0 Å². The fraction of sp³-hybridized carbons (Fsp3) is 0.667. The van der Waals surface area contributed by atoms with E-state index in [0.717, 1.165) is 24.8 Å². The van der Waals surface area contributed by atoms with Gasteiger partial charge in [-0.25, -0.2) is 9.59 Å². The van der Waals surface area contributed by atoms with Gasteiger partial charge in [-0.05, 0) is 69.1 Å². The van der Waals surface area contributed by atoms with E-state index in [1.165, 1.54) is 0 Å². The van der Waals surface area contributed by atoms with Gasteiger partial charge >= 0.3 is 12.1 Å². The third-order valence-electron chi connectivity index (χ3n) is 8.97. The first-order chi connectivity index (χ1) is 19.6. The van der Waals surface area contributed by atoms with Gasteiger partial charge in [0.1, 0.15) is 24.4 Å². The van der Waals surface area contributed by atoms with Crippen molar-refractivity contribution >= 4 is 20.4 Å². The Kier molecular flexibility index (Phi) is 7.95. The third-order valence-corrected chi connectivity index (χ3v) is 13.5. The number of carbonyl (C=O) groups excluding carboxylic acids is 2. The lowest BCUT2D eigenvalue weighted by molar-refractivity contribution is -0.153. The Hall–Kier alpha value is -2.96. The largest absolute Gasteiger partial charge is 0.444 e. The average Bonchev–Trinajstić information content (AvgIpc) is 3.36. The number of nitrogens with zero attached hydrogens (tertiary/aromatic N) is 4. The lowest BCUT2D eigenvalue weighted by Crippen LogP contribution is -2.44. The van der Waals surface area contributed by atoms with Crippen LogP contribution in [0.25, 0.3) is 0 Å². The summed E-state index contributed by atoms with van der Waals surface area (Å²) in [4.78, 5) is 34.0. The van der Waals surface area contributed by atoms with Crippen LogP contribution in [0, 0.1) is 5.41 Å². The lowest BCUT2D eigenvalue weighted by Gasteiger charge is -2.38. The molecule has 2 aliphatic heterocycles. The number of piperidine rings is 1. The first-order valence-corrected chi connectivity index (χ1v) is 17.7. The van der Waals surface area contributed by atoms with Crippen molar-refractivity contribution in [2.24, 2.45) is 5.41 Å². The van der Waals surface area contributed by atoms with Crippen LogP contribution in [-0.2, 0) is 20.6 Å². The topological polar surface area (TPSA) is 119 Å². The molecule has 3 aliphatic rings. The van der Waals surface area contributed by atoms with Gasteiger partial charge in [-0.1, -0.05) is 51.1 Å². The summed E-state index contributed by atoms with van der Waals surface area (Å²) in [6.45, 7) is 17.2. The summed E-state index contributed by atoms with van der Waals surface area (Å²) in [7, 11) is -2.29. The molecule has 5 rings (SSSR count). The van der Waals surface area contributed by atoms with Crippen molar-refractivity contribution < 1.29 is 28.0 Å². The van der Waals surface area contributed by atoms with Gasteiger partial charge in [-0.2, -0.15) is 5.06 Å². The Balaban J connectivity index is 1.34. The SMILES string of the molecule is CC(C)(C)OC(=O)NC[C@@H](O[Si](C)(C)C(C)(C)C)c1nnc([C@@H]2CC3(CC3)[C@H]3CN2C(=O)N3OCc2ccccc2)o1. The Morgan fingerprint density at radius 3 is 2.45 bits per heavy atom. The molecule has 12 heteroatoms. The molecule has 3 heterocycles. The maximum Gasteiger partial charge on any atom is 0.407 e. The molecule has 0 radical (unpaired) electrons. The first kappa shape index (κ1) is 30.5. The zero-order valence-corrected chi connectivity index (χ0v) is 27.1. The summed E-state index contributed by atoms with van der Waals surface area (Å²) >= 11 is 0. The summed E-state index contributed by atoms with van der Waals surface area (Å²) in [5.74, 6) is 0.663. The predicted molar refractivity (Wildman–Crippen MR) is 158 cm³/mol. The standard InChI is InChI=1S/C30H45N5O6Si/c1-28(2,3)40-26(36)31-17-22(41-42(7,8)29(4,5)6)25-33-32-24(39-25)21-16-30(14-15-30)23-18-34(21)27(37)35(23)38-19-20-12-10-9-11-13-20/h9-13,21-23H,14-19H2,1-8H3,(H,31,36)/t21-,22+,23+/m0/s1. The van der Waals surface area contributed by atoms with Gasteiger partial charge in [0.2, 0.25) is 11.8 Å². The number of hydrogen-bond donors (Lipinski definition) is 1. The number of rotatable bonds is 9. The molecule has 2 bridgehead atoms. The van der Waals surface area contributed by atoms with E-state index in [1.54, 1.807) is 9.96 Å². The van der Waals surface area contributed by atoms with E-state index in [0.29, 0.717) is 19.0 Å². The van der Waals surface area contributed by atoms with Crippen molar-refractivity contribution in [1.82, 2.24) is 25.5 Å². The average molecular weight is 600 g/mol. The molecule has 0 unspecified atom stereocenters. The van der Waals surface area contributed by atoms with Crippen LogP contribution in [0.15, 0.2) is 34.7 Å². The lowest BCUT2D eigenvalue weighted by atomic mass is 9.85. The molecule has 3 atom stereocenters. The molecule has 2 saturated heterocycles. The molecule has 1 aliphatic carbocycles. The number of aromatic nitrogens is 2. The van der Waals surface area contributed by atoms with Crippen LogP contribution in [0.2, 0.25) is 18.1 Å². The number of urea groups is 1. The van der Waals surface area contributed by atoms with Crippen molar-refractivity contribution in [3.63, 3.8) is 0 Å². The van der Waals surface area contributed by atoms with E-state index in [2.05, 4.69) is 49.4 Å². The second-order valence-corrected chi connectivity index (χ2v) is 19.1. The first-order valence-electron chi connectivity index (χ1n) is 14.8. The molecule has 3 fully saturated rings. The van der Waals surface area contributed by atoms with E-state index in [-0.39, 0.29) is 41.0 Å². The van der Waals surface area contributed by atoms with Crippen molar-refractivity contribution in [3.8, 4) is 0 Å². The summed E-state index contributed by atoms with van der Waals surface area (Å²) in [5.41, 5.74) is 0.363. The Morgan fingerprint density at radius 1 is 1.14 bits per heavy atom. The number of ether oxygens (including phenoxy) is 1. The van der Waals surface area contributed by atoms with Gasteiger partial charge < -0.3 is 23.8 Å².